The van der Waals surface area contributed by atoms with Crippen molar-refractivity contribution in [1.29, 1.82) is 0 Å². The summed E-state index contributed by atoms with van der Waals surface area (Å²) >= 11 is 0. The third-order valence-electron chi connectivity index (χ3n) is 4.90. The van der Waals surface area contributed by atoms with Gasteiger partial charge in [0.1, 0.15) is 18.3 Å². The van der Waals surface area contributed by atoms with Gasteiger partial charge in [0.2, 0.25) is 0 Å². The van der Waals surface area contributed by atoms with Crippen molar-refractivity contribution in [3.8, 4) is 5.75 Å². The largest absolute Gasteiger partial charge is 0.489 e. The standard InChI is InChI=1S/C23H26N2O4/c1-4-15(2)29-22(26)20-16(3)24-23(27)25-21(20)18-10-12-19(13-11-18)28-14-17-8-6-5-7-9-17/h5-13,15,20-21H,3-4,14H2,1-2H3,(H2,24,25,27). The van der Waals surface area contributed by atoms with Gasteiger partial charge in [-0.1, -0.05) is 56.0 Å². The third kappa shape index (κ3) is 5.16. The lowest BCUT2D eigenvalue weighted by Gasteiger charge is -2.33. The van der Waals surface area contributed by atoms with Crippen LogP contribution >= 0.6 is 0 Å². The van der Waals surface area contributed by atoms with Crippen LogP contribution in [0.25, 0.3) is 0 Å². The van der Waals surface area contributed by atoms with Crippen molar-refractivity contribution in [2.75, 3.05) is 0 Å². The highest BCUT2D eigenvalue weighted by atomic mass is 16.5. The molecule has 2 aromatic carbocycles. The number of benzene rings is 2. The first-order valence-electron chi connectivity index (χ1n) is 9.71. The molecule has 1 aliphatic rings. The summed E-state index contributed by atoms with van der Waals surface area (Å²) in [6.45, 7) is 8.10. The fraction of sp³-hybridized carbons (Fsp3) is 0.304. The highest BCUT2D eigenvalue weighted by Crippen LogP contribution is 2.31. The lowest BCUT2D eigenvalue weighted by atomic mass is 9.89. The average Bonchev–Trinajstić information content (AvgIpc) is 2.72. The predicted octanol–water partition coefficient (Wildman–Crippen LogP) is 4.09. The van der Waals surface area contributed by atoms with E-state index >= 15 is 0 Å². The van der Waals surface area contributed by atoms with Gasteiger partial charge in [-0.05, 0) is 36.6 Å². The molecule has 1 aliphatic heterocycles. The zero-order valence-electron chi connectivity index (χ0n) is 16.7. The van der Waals surface area contributed by atoms with E-state index in [1.807, 2.05) is 68.4 Å². The molecule has 0 radical (unpaired) electrons. The first kappa shape index (κ1) is 20.5. The first-order chi connectivity index (χ1) is 14.0. The summed E-state index contributed by atoms with van der Waals surface area (Å²) in [6, 6.07) is 16.3. The van der Waals surface area contributed by atoms with Crippen molar-refractivity contribution in [2.24, 2.45) is 5.92 Å². The Morgan fingerprint density at radius 1 is 1.14 bits per heavy atom. The number of carbonyl (C=O) groups excluding carboxylic acids is 2. The van der Waals surface area contributed by atoms with Crippen LogP contribution in [0.4, 0.5) is 4.79 Å². The van der Waals surface area contributed by atoms with Gasteiger partial charge in [0.05, 0.1) is 12.1 Å². The molecule has 0 aromatic heterocycles. The van der Waals surface area contributed by atoms with E-state index in [0.717, 1.165) is 11.1 Å². The molecule has 0 saturated carbocycles. The molecule has 1 fully saturated rings. The zero-order valence-corrected chi connectivity index (χ0v) is 16.7. The van der Waals surface area contributed by atoms with Crippen LogP contribution in [-0.2, 0) is 16.1 Å². The molecular weight excluding hydrogens is 368 g/mol. The molecule has 1 saturated heterocycles. The normalized spacial score (nSPS) is 19.7. The van der Waals surface area contributed by atoms with E-state index in [4.69, 9.17) is 9.47 Å². The van der Waals surface area contributed by atoms with E-state index in [1.54, 1.807) is 0 Å². The van der Waals surface area contributed by atoms with Crippen molar-refractivity contribution >= 4 is 12.0 Å². The Morgan fingerprint density at radius 2 is 1.83 bits per heavy atom. The van der Waals surface area contributed by atoms with Crippen molar-refractivity contribution in [3.05, 3.63) is 78.0 Å². The molecule has 3 rings (SSSR count). The summed E-state index contributed by atoms with van der Waals surface area (Å²) in [5.41, 5.74) is 2.18. The van der Waals surface area contributed by atoms with Gasteiger partial charge >= 0.3 is 12.0 Å². The molecular formula is C23H26N2O4. The predicted molar refractivity (Wildman–Crippen MR) is 110 cm³/mol. The van der Waals surface area contributed by atoms with Crippen molar-refractivity contribution < 1.29 is 19.1 Å². The van der Waals surface area contributed by atoms with Gasteiger partial charge in [0.25, 0.3) is 0 Å². The molecule has 0 aliphatic carbocycles. The second kappa shape index (κ2) is 9.28. The summed E-state index contributed by atoms with van der Waals surface area (Å²) in [7, 11) is 0. The van der Waals surface area contributed by atoms with Crippen molar-refractivity contribution in [1.82, 2.24) is 10.6 Å². The maximum absolute atomic E-state index is 12.7. The maximum atomic E-state index is 12.7. The summed E-state index contributed by atoms with van der Waals surface area (Å²) < 4.78 is 11.3. The Kier molecular flexibility index (Phi) is 6.54. The van der Waals surface area contributed by atoms with E-state index in [1.165, 1.54) is 0 Å². The highest BCUT2D eigenvalue weighted by Gasteiger charge is 2.39. The Labute approximate surface area is 170 Å². The number of esters is 1. The minimum absolute atomic E-state index is 0.206. The number of rotatable bonds is 7. The molecule has 3 atom stereocenters. The van der Waals surface area contributed by atoms with Crippen LogP contribution in [-0.4, -0.2) is 18.1 Å². The smallest absolute Gasteiger partial charge is 0.319 e. The molecule has 152 valence electrons. The van der Waals surface area contributed by atoms with Gasteiger partial charge in [-0.25, -0.2) is 4.79 Å². The van der Waals surface area contributed by atoms with E-state index < -0.39 is 24.0 Å². The summed E-state index contributed by atoms with van der Waals surface area (Å²) in [6.07, 6.45) is 0.505. The van der Waals surface area contributed by atoms with Gasteiger partial charge in [0.15, 0.2) is 0 Å². The summed E-state index contributed by atoms with van der Waals surface area (Å²) in [5.74, 6) is -0.417. The second-order valence-electron chi connectivity index (χ2n) is 7.08. The molecule has 2 amide bonds. The minimum atomic E-state index is -0.710. The number of ether oxygens (including phenoxy) is 2. The van der Waals surface area contributed by atoms with Crippen LogP contribution in [0.15, 0.2) is 66.9 Å². The van der Waals surface area contributed by atoms with Crippen LogP contribution in [0.3, 0.4) is 0 Å². The molecule has 2 aromatic rings. The Hall–Kier alpha value is -3.28. The number of hydrogen-bond donors (Lipinski definition) is 2. The Morgan fingerprint density at radius 3 is 2.48 bits per heavy atom. The second-order valence-corrected chi connectivity index (χ2v) is 7.08. The molecule has 1 heterocycles. The SMILES string of the molecule is C=C1NC(=O)NC(c2ccc(OCc3ccccc3)cc2)C1C(=O)OC(C)CC. The zero-order chi connectivity index (χ0) is 20.8. The quantitative estimate of drug-likeness (QED) is 0.694. The molecule has 2 N–H and O–H groups in total. The van der Waals surface area contributed by atoms with Crippen LogP contribution in [0, 0.1) is 5.92 Å². The third-order valence-corrected chi connectivity index (χ3v) is 4.90. The lowest BCUT2D eigenvalue weighted by molar-refractivity contribution is -0.153. The monoisotopic (exact) mass is 394 g/mol. The highest BCUT2D eigenvalue weighted by molar-refractivity contribution is 5.85. The van der Waals surface area contributed by atoms with Gasteiger partial charge < -0.3 is 20.1 Å². The topological polar surface area (TPSA) is 76.7 Å². The lowest BCUT2D eigenvalue weighted by Crippen LogP contribution is -2.51. The van der Waals surface area contributed by atoms with Gasteiger partial charge in [-0.15, -0.1) is 0 Å². The van der Waals surface area contributed by atoms with E-state index in [2.05, 4.69) is 17.2 Å². The van der Waals surface area contributed by atoms with Gasteiger partial charge in [-0.3, -0.25) is 4.79 Å². The molecule has 6 nitrogen and oxygen atoms in total. The minimum Gasteiger partial charge on any atom is -0.489 e. The maximum Gasteiger partial charge on any atom is 0.319 e. The van der Waals surface area contributed by atoms with Crippen LogP contribution < -0.4 is 15.4 Å². The molecule has 29 heavy (non-hydrogen) atoms. The molecule has 3 unspecified atom stereocenters. The van der Waals surface area contributed by atoms with Crippen LogP contribution in [0.1, 0.15) is 37.4 Å². The van der Waals surface area contributed by atoms with E-state index in [9.17, 15) is 9.59 Å². The number of urea groups is 1. The molecule has 6 heteroatoms. The average molecular weight is 394 g/mol. The fourth-order valence-electron chi connectivity index (χ4n) is 3.11. The number of carbonyl (C=O) groups is 2. The Balaban J connectivity index is 1.74. The van der Waals surface area contributed by atoms with E-state index in [-0.39, 0.29) is 6.10 Å². The van der Waals surface area contributed by atoms with Crippen LogP contribution in [0.5, 0.6) is 5.75 Å². The van der Waals surface area contributed by atoms with Gasteiger partial charge in [0, 0.05) is 5.70 Å². The van der Waals surface area contributed by atoms with E-state index in [0.29, 0.717) is 24.5 Å². The summed E-state index contributed by atoms with van der Waals surface area (Å²) in [4.78, 5) is 24.7. The number of nitrogens with one attached hydrogen (secondary N) is 2. The Bertz CT molecular complexity index is 864. The molecule has 0 spiro atoms. The fourth-order valence-corrected chi connectivity index (χ4v) is 3.11. The van der Waals surface area contributed by atoms with Crippen molar-refractivity contribution in [2.45, 2.75) is 39.0 Å². The van der Waals surface area contributed by atoms with Crippen molar-refractivity contribution in [3.63, 3.8) is 0 Å². The first-order valence-corrected chi connectivity index (χ1v) is 9.71. The number of hydrogen-bond acceptors (Lipinski definition) is 4. The van der Waals surface area contributed by atoms with Gasteiger partial charge in [-0.2, -0.15) is 0 Å². The molecule has 0 bridgehead atoms. The van der Waals surface area contributed by atoms with Crippen LogP contribution in [0.2, 0.25) is 0 Å². The number of amides is 2. The summed E-state index contributed by atoms with van der Waals surface area (Å²) in [5, 5.41) is 5.39.